The lowest BCUT2D eigenvalue weighted by molar-refractivity contribution is 0.306. The molecule has 0 spiro atoms. The summed E-state index contributed by atoms with van der Waals surface area (Å²) in [6, 6.07) is 9.21. The van der Waals surface area contributed by atoms with Gasteiger partial charge in [-0.2, -0.15) is 0 Å². The van der Waals surface area contributed by atoms with Gasteiger partial charge in [-0.15, -0.1) is 0 Å². The molecule has 0 aromatic heterocycles. The maximum atomic E-state index is 13.2. The van der Waals surface area contributed by atoms with E-state index in [0.717, 1.165) is 0 Å². The summed E-state index contributed by atoms with van der Waals surface area (Å²) >= 11 is 16.9. The molecule has 0 bridgehead atoms. The smallest absolute Gasteiger partial charge is 0.156 e. The fourth-order valence-electron chi connectivity index (χ4n) is 1.67. The normalized spacial score (nSPS) is 10.3. The second kappa shape index (κ2) is 6.39. The first-order valence-electron chi connectivity index (χ1n) is 5.64. The number of para-hydroxylation sites is 1. The van der Waals surface area contributed by atoms with Crippen LogP contribution in [-0.4, -0.2) is 4.99 Å². The fraction of sp³-hybridized carbons (Fsp3) is 0.0714. The van der Waals surface area contributed by atoms with E-state index >= 15 is 0 Å². The second-order valence-corrected chi connectivity index (χ2v) is 5.26. The molecule has 0 aliphatic heterocycles. The summed E-state index contributed by atoms with van der Waals surface area (Å²) in [5.74, 6) is -0.0404. The minimum Gasteiger partial charge on any atom is -0.486 e. The van der Waals surface area contributed by atoms with Gasteiger partial charge in [0.2, 0.25) is 0 Å². The molecule has 0 atom stereocenters. The quantitative estimate of drug-likeness (QED) is 0.847. The van der Waals surface area contributed by atoms with Crippen molar-refractivity contribution in [3.8, 4) is 5.75 Å². The third-order valence-corrected chi connectivity index (χ3v) is 3.44. The van der Waals surface area contributed by atoms with Gasteiger partial charge in [0.15, 0.2) is 5.75 Å². The van der Waals surface area contributed by atoms with Gasteiger partial charge >= 0.3 is 0 Å². The van der Waals surface area contributed by atoms with E-state index < -0.39 is 5.82 Å². The molecule has 0 unspecified atom stereocenters. The summed E-state index contributed by atoms with van der Waals surface area (Å²) in [4.78, 5) is 0.105. The Bertz CT molecular complexity index is 643. The number of thiocarbonyl (C=S) groups is 1. The summed E-state index contributed by atoms with van der Waals surface area (Å²) in [5.41, 5.74) is 6.66. The van der Waals surface area contributed by atoms with Crippen molar-refractivity contribution in [3.05, 3.63) is 63.4 Å². The van der Waals surface area contributed by atoms with E-state index in [1.54, 1.807) is 24.3 Å². The minimum absolute atomic E-state index is 0.105. The highest BCUT2D eigenvalue weighted by Crippen LogP contribution is 2.33. The van der Waals surface area contributed by atoms with Crippen molar-refractivity contribution in [3.63, 3.8) is 0 Å². The Morgan fingerprint density at radius 2 is 1.85 bits per heavy atom. The number of benzene rings is 2. The molecule has 0 aliphatic carbocycles. The molecule has 2 aromatic carbocycles. The number of hydrogen-bond donors (Lipinski definition) is 1. The summed E-state index contributed by atoms with van der Waals surface area (Å²) < 4.78 is 18.8. The number of nitrogens with two attached hydrogens (primary N) is 1. The highest BCUT2D eigenvalue weighted by Gasteiger charge is 2.11. The average molecular weight is 330 g/mol. The van der Waals surface area contributed by atoms with Crippen LogP contribution in [0.3, 0.4) is 0 Å². The molecule has 0 amide bonds. The minimum atomic E-state index is -0.410. The van der Waals surface area contributed by atoms with E-state index in [4.69, 9.17) is 45.9 Å². The van der Waals surface area contributed by atoms with Crippen LogP contribution >= 0.6 is 35.4 Å². The van der Waals surface area contributed by atoms with Crippen molar-refractivity contribution in [1.82, 2.24) is 0 Å². The molecule has 0 saturated carbocycles. The van der Waals surface area contributed by atoms with Crippen LogP contribution in [0.25, 0.3) is 0 Å². The molecule has 0 heterocycles. The number of ether oxygens (including phenoxy) is 1. The molecule has 0 fully saturated rings. The van der Waals surface area contributed by atoms with Gasteiger partial charge in [0.05, 0.1) is 10.0 Å². The molecule has 6 heteroatoms. The fourth-order valence-corrected chi connectivity index (χ4v) is 2.37. The molecular formula is C14H10Cl2FNOS. The van der Waals surface area contributed by atoms with E-state index in [1.165, 1.54) is 12.1 Å². The highest BCUT2D eigenvalue weighted by molar-refractivity contribution is 7.80. The predicted octanol–water partition coefficient (Wildman–Crippen LogP) is 4.35. The third kappa shape index (κ3) is 3.39. The van der Waals surface area contributed by atoms with E-state index in [1.807, 2.05) is 0 Å². The first kappa shape index (κ1) is 15.0. The topological polar surface area (TPSA) is 35.2 Å². The lowest BCUT2D eigenvalue weighted by Gasteiger charge is -2.12. The van der Waals surface area contributed by atoms with Crippen molar-refractivity contribution in [1.29, 1.82) is 0 Å². The van der Waals surface area contributed by atoms with Crippen molar-refractivity contribution in [2.75, 3.05) is 0 Å². The molecule has 0 aliphatic rings. The number of halogens is 3. The van der Waals surface area contributed by atoms with Crippen LogP contribution in [0.4, 0.5) is 4.39 Å². The van der Waals surface area contributed by atoms with Gasteiger partial charge in [-0.1, -0.05) is 47.6 Å². The zero-order valence-corrected chi connectivity index (χ0v) is 12.5. The van der Waals surface area contributed by atoms with E-state index in [0.29, 0.717) is 26.9 Å². The SMILES string of the molecule is NC(=S)c1cc(F)ccc1COc1c(Cl)cccc1Cl. The van der Waals surface area contributed by atoms with Crippen molar-refractivity contribution in [2.24, 2.45) is 5.73 Å². The monoisotopic (exact) mass is 329 g/mol. The lowest BCUT2D eigenvalue weighted by atomic mass is 10.1. The molecular weight excluding hydrogens is 320 g/mol. The zero-order chi connectivity index (χ0) is 14.7. The zero-order valence-electron chi connectivity index (χ0n) is 10.2. The third-order valence-electron chi connectivity index (χ3n) is 2.63. The molecule has 0 radical (unpaired) electrons. The van der Waals surface area contributed by atoms with Crippen molar-refractivity contribution in [2.45, 2.75) is 6.61 Å². The Hall–Kier alpha value is -1.36. The molecule has 2 aromatic rings. The Morgan fingerprint density at radius 3 is 2.45 bits per heavy atom. The molecule has 0 saturated heterocycles. The second-order valence-electron chi connectivity index (χ2n) is 4.01. The molecule has 2 rings (SSSR count). The van der Waals surface area contributed by atoms with Gasteiger partial charge in [-0.3, -0.25) is 0 Å². The molecule has 20 heavy (non-hydrogen) atoms. The Labute approximate surface area is 131 Å². The van der Waals surface area contributed by atoms with Crippen LogP contribution in [0, 0.1) is 5.82 Å². The van der Waals surface area contributed by atoms with Gasteiger partial charge in [-0.05, 0) is 29.8 Å². The molecule has 104 valence electrons. The van der Waals surface area contributed by atoms with Gasteiger partial charge < -0.3 is 10.5 Å². The first-order chi connectivity index (χ1) is 9.49. The summed E-state index contributed by atoms with van der Waals surface area (Å²) in [6.07, 6.45) is 0. The number of hydrogen-bond acceptors (Lipinski definition) is 2. The van der Waals surface area contributed by atoms with E-state index in [9.17, 15) is 4.39 Å². The Kier molecular flexibility index (Phi) is 4.81. The predicted molar refractivity (Wildman–Crippen MR) is 83.1 cm³/mol. The van der Waals surface area contributed by atoms with Crippen LogP contribution in [0.5, 0.6) is 5.75 Å². The van der Waals surface area contributed by atoms with Crippen molar-refractivity contribution >= 4 is 40.4 Å². The maximum absolute atomic E-state index is 13.2. The van der Waals surface area contributed by atoms with Gasteiger partial charge in [0, 0.05) is 5.56 Å². The van der Waals surface area contributed by atoms with Crippen molar-refractivity contribution < 1.29 is 9.13 Å². The maximum Gasteiger partial charge on any atom is 0.156 e. The van der Waals surface area contributed by atoms with Crippen LogP contribution in [0.2, 0.25) is 10.0 Å². The summed E-state index contributed by atoms with van der Waals surface area (Å²) in [6.45, 7) is 0.135. The van der Waals surface area contributed by atoms with Crippen LogP contribution in [0.1, 0.15) is 11.1 Å². The Balaban J connectivity index is 2.25. The average Bonchev–Trinajstić information content (AvgIpc) is 2.39. The van der Waals surface area contributed by atoms with Crippen LogP contribution in [-0.2, 0) is 6.61 Å². The van der Waals surface area contributed by atoms with E-state index in [2.05, 4.69) is 0 Å². The van der Waals surface area contributed by atoms with Gasteiger partial charge in [0.25, 0.3) is 0 Å². The standard InChI is InChI=1S/C14H10Cl2FNOS/c15-11-2-1-3-12(16)13(11)19-7-8-4-5-9(17)6-10(8)14(18)20/h1-6H,7H2,(H2,18,20). The summed E-state index contributed by atoms with van der Waals surface area (Å²) in [5, 5.41) is 0.799. The van der Waals surface area contributed by atoms with E-state index in [-0.39, 0.29) is 11.6 Å². The first-order valence-corrected chi connectivity index (χ1v) is 6.80. The lowest BCUT2D eigenvalue weighted by Crippen LogP contribution is -2.14. The van der Waals surface area contributed by atoms with Crippen LogP contribution in [0.15, 0.2) is 36.4 Å². The number of rotatable bonds is 4. The van der Waals surface area contributed by atoms with Crippen LogP contribution < -0.4 is 10.5 Å². The highest BCUT2D eigenvalue weighted by atomic mass is 35.5. The van der Waals surface area contributed by atoms with Gasteiger partial charge in [-0.25, -0.2) is 4.39 Å². The molecule has 2 nitrogen and oxygen atoms in total. The van der Waals surface area contributed by atoms with Gasteiger partial charge in [0.1, 0.15) is 17.4 Å². The summed E-state index contributed by atoms with van der Waals surface area (Å²) in [7, 11) is 0. The molecule has 2 N–H and O–H groups in total. The Morgan fingerprint density at radius 1 is 1.20 bits per heavy atom. The largest absolute Gasteiger partial charge is 0.486 e.